The van der Waals surface area contributed by atoms with E-state index in [0.29, 0.717) is 4.83 Å². The number of hydrogen-bond donors (Lipinski definition) is 0. The maximum absolute atomic E-state index is 6.00. The van der Waals surface area contributed by atoms with Crippen molar-refractivity contribution >= 4 is 43.5 Å². The molecule has 0 fully saturated rings. The van der Waals surface area contributed by atoms with E-state index in [9.17, 15) is 0 Å². The average Bonchev–Trinajstić information content (AvgIpc) is 2.27. The Morgan fingerprint density at radius 3 is 2.61 bits per heavy atom. The van der Waals surface area contributed by atoms with Crippen LogP contribution in [0.15, 0.2) is 46.9 Å². The summed E-state index contributed by atoms with van der Waals surface area (Å²) in [5.74, 6) is 0. The van der Waals surface area contributed by atoms with Gasteiger partial charge < -0.3 is 0 Å². The number of hydrogen-bond acceptors (Lipinski definition) is 0. The summed E-state index contributed by atoms with van der Waals surface area (Å²) in [6.07, 6.45) is 0.927. The second-order valence-electron chi connectivity index (χ2n) is 4.36. The minimum absolute atomic E-state index is 0.298. The summed E-state index contributed by atoms with van der Waals surface area (Å²) >= 11 is 13.3. The Bertz CT molecular complexity index is 532. The molecular formula is C15H13Br2Cl. The molecule has 0 radical (unpaired) electrons. The van der Waals surface area contributed by atoms with Crippen molar-refractivity contribution in [1.29, 1.82) is 0 Å². The predicted molar refractivity (Wildman–Crippen MR) is 85.7 cm³/mol. The van der Waals surface area contributed by atoms with E-state index in [0.717, 1.165) is 15.9 Å². The van der Waals surface area contributed by atoms with Gasteiger partial charge in [-0.05, 0) is 54.3 Å². The number of benzene rings is 2. The molecule has 0 spiro atoms. The third-order valence-corrected chi connectivity index (χ3v) is 4.28. The van der Waals surface area contributed by atoms with Gasteiger partial charge in [0.05, 0.1) is 0 Å². The lowest BCUT2D eigenvalue weighted by Gasteiger charge is -2.12. The van der Waals surface area contributed by atoms with Crippen LogP contribution in [0, 0.1) is 6.92 Å². The quantitative estimate of drug-likeness (QED) is 0.558. The molecule has 1 unspecified atom stereocenters. The van der Waals surface area contributed by atoms with Crippen molar-refractivity contribution in [1.82, 2.24) is 0 Å². The first-order valence-corrected chi connectivity index (χ1v) is 7.79. The summed E-state index contributed by atoms with van der Waals surface area (Å²) in [6, 6.07) is 14.5. The summed E-state index contributed by atoms with van der Waals surface area (Å²) in [6.45, 7) is 2.10. The van der Waals surface area contributed by atoms with E-state index >= 15 is 0 Å². The average molecular weight is 389 g/mol. The van der Waals surface area contributed by atoms with Crippen LogP contribution in [0.25, 0.3) is 0 Å². The number of rotatable bonds is 3. The molecule has 2 aromatic rings. The van der Waals surface area contributed by atoms with E-state index in [1.54, 1.807) is 0 Å². The molecule has 3 heteroatoms. The molecule has 0 saturated heterocycles. The summed E-state index contributed by atoms with van der Waals surface area (Å²) in [7, 11) is 0. The molecule has 0 bridgehead atoms. The van der Waals surface area contributed by atoms with Crippen molar-refractivity contribution < 1.29 is 0 Å². The van der Waals surface area contributed by atoms with Crippen LogP contribution in [0.1, 0.15) is 21.5 Å². The molecule has 0 aromatic heterocycles. The first-order chi connectivity index (χ1) is 8.54. The summed E-state index contributed by atoms with van der Waals surface area (Å²) in [4.78, 5) is 0.298. The van der Waals surface area contributed by atoms with Crippen molar-refractivity contribution in [3.63, 3.8) is 0 Å². The molecule has 0 aliphatic heterocycles. The van der Waals surface area contributed by atoms with Crippen LogP contribution in [0.3, 0.4) is 0 Å². The van der Waals surface area contributed by atoms with Gasteiger partial charge in [-0.2, -0.15) is 0 Å². The lowest BCUT2D eigenvalue weighted by atomic mass is 10.0. The van der Waals surface area contributed by atoms with Crippen LogP contribution in [0.4, 0.5) is 0 Å². The van der Waals surface area contributed by atoms with Crippen LogP contribution in [-0.2, 0) is 6.42 Å². The Labute approximate surface area is 130 Å². The highest BCUT2D eigenvalue weighted by Gasteiger charge is 2.10. The molecule has 18 heavy (non-hydrogen) atoms. The maximum Gasteiger partial charge on any atom is 0.0436 e. The summed E-state index contributed by atoms with van der Waals surface area (Å²) < 4.78 is 1.12. The zero-order chi connectivity index (χ0) is 13.1. The minimum Gasteiger partial charge on any atom is -0.0843 e. The monoisotopic (exact) mass is 386 g/mol. The van der Waals surface area contributed by atoms with Crippen molar-refractivity contribution in [2.75, 3.05) is 0 Å². The minimum atomic E-state index is 0.298. The van der Waals surface area contributed by atoms with Gasteiger partial charge in [0.15, 0.2) is 0 Å². The SMILES string of the molecule is Cc1cc(Br)cc(C(Br)Cc2cccc(Cl)c2)c1. The van der Waals surface area contributed by atoms with Crippen molar-refractivity contribution in [2.45, 2.75) is 18.2 Å². The molecule has 0 aliphatic rings. The van der Waals surface area contributed by atoms with Gasteiger partial charge in [-0.3, -0.25) is 0 Å². The smallest absolute Gasteiger partial charge is 0.0436 e. The zero-order valence-corrected chi connectivity index (χ0v) is 13.9. The van der Waals surface area contributed by atoms with E-state index < -0.39 is 0 Å². The molecule has 0 nitrogen and oxygen atoms in total. The highest BCUT2D eigenvalue weighted by atomic mass is 79.9. The van der Waals surface area contributed by atoms with Gasteiger partial charge in [0.1, 0.15) is 0 Å². The third kappa shape index (κ3) is 3.84. The van der Waals surface area contributed by atoms with Crippen LogP contribution >= 0.6 is 43.5 Å². The zero-order valence-electron chi connectivity index (χ0n) is 9.96. The Hall–Kier alpha value is -0.310. The van der Waals surface area contributed by atoms with Crippen LogP contribution in [-0.4, -0.2) is 0 Å². The topological polar surface area (TPSA) is 0 Å². The first kappa shape index (κ1) is 14.1. The van der Waals surface area contributed by atoms with E-state index in [-0.39, 0.29) is 0 Å². The van der Waals surface area contributed by atoms with Crippen molar-refractivity contribution in [3.05, 3.63) is 68.7 Å². The van der Waals surface area contributed by atoms with E-state index in [1.165, 1.54) is 16.7 Å². The largest absolute Gasteiger partial charge is 0.0843 e. The van der Waals surface area contributed by atoms with Gasteiger partial charge in [-0.25, -0.2) is 0 Å². The molecule has 2 aromatic carbocycles. The lowest BCUT2D eigenvalue weighted by Crippen LogP contribution is -1.96. The first-order valence-electron chi connectivity index (χ1n) is 5.70. The lowest BCUT2D eigenvalue weighted by molar-refractivity contribution is 0.946. The van der Waals surface area contributed by atoms with E-state index in [2.05, 4.69) is 63.0 Å². The molecule has 2 rings (SSSR count). The highest BCUT2D eigenvalue weighted by molar-refractivity contribution is 9.10. The fourth-order valence-corrected chi connectivity index (χ4v) is 3.41. The number of alkyl halides is 1. The molecule has 1 atom stereocenters. The standard InChI is InChI=1S/C15H13Br2Cl/c1-10-5-12(9-13(16)6-10)15(17)8-11-3-2-4-14(18)7-11/h2-7,9,15H,8H2,1H3. The normalized spacial score (nSPS) is 12.4. The molecule has 94 valence electrons. The Kier molecular flexibility index (Phi) is 4.88. The summed E-state index contributed by atoms with van der Waals surface area (Å²) in [5, 5.41) is 0.789. The van der Waals surface area contributed by atoms with Gasteiger partial charge in [0.25, 0.3) is 0 Å². The predicted octanol–water partition coefficient (Wildman–Crippen LogP) is 6.09. The Balaban J connectivity index is 2.19. The van der Waals surface area contributed by atoms with E-state index in [1.807, 2.05) is 18.2 Å². The fraction of sp³-hybridized carbons (Fsp3) is 0.200. The third-order valence-electron chi connectivity index (χ3n) is 2.73. The molecule has 0 aliphatic carbocycles. The molecule has 0 N–H and O–H groups in total. The summed E-state index contributed by atoms with van der Waals surface area (Å²) in [5.41, 5.74) is 3.78. The second kappa shape index (κ2) is 6.23. The van der Waals surface area contributed by atoms with E-state index in [4.69, 9.17) is 11.6 Å². The molecular weight excluding hydrogens is 375 g/mol. The molecule has 0 heterocycles. The Morgan fingerprint density at radius 2 is 1.94 bits per heavy atom. The van der Waals surface area contributed by atoms with Gasteiger partial charge in [0, 0.05) is 14.3 Å². The van der Waals surface area contributed by atoms with Gasteiger partial charge in [-0.15, -0.1) is 0 Å². The second-order valence-corrected chi connectivity index (χ2v) is 6.82. The number of halogens is 3. The fourth-order valence-electron chi connectivity index (χ4n) is 1.93. The molecule has 0 amide bonds. The highest BCUT2D eigenvalue weighted by Crippen LogP contribution is 2.30. The van der Waals surface area contributed by atoms with Crippen molar-refractivity contribution in [2.24, 2.45) is 0 Å². The molecule has 0 saturated carbocycles. The number of aryl methyl sites for hydroxylation is 1. The van der Waals surface area contributed by atoms with Crippen LogP contribution < -0.4 is 0 Å². The van der Waals surface area contributed by atoms with Gasteiger partial charge in [-0.1, -0.05) is 61.7 Å². The van der Waals surface area contributed by atoms with Crippen LogP contribution in [0.5, 0.6) is 0 Å². The maximum atomic E-state index is 6.00. The Morgan fingerprint density at radius 1 is 1.17 bits per heavy atom. The van der Waals surface area contributed by atoms with Gasteiger partial charge >= 0.3 is 0 Å². The van der Waals surface area contributed by atoms with Crippen LogP contribution in [0.2, 0.25) is 5.02 Å². The van der Waals surface area contributed by atoms with Crippen molar-refractivity contribution in [3.8, 4) is 0 Å². The van der Waals surface area contributed by atoms with Gasteiger partial charge in [0.2, 0.25) is 0 Å².